The number of unbranched alkanes of at least 4 members (excludes halogenated alkanes) is 1. The number of thioether (sulfide) groups is 1. The zero-order chi connectivity index (χ0) is 10.2. The van der Waals surface area contributed by atoms with Crippen molar-refractivity contribution in [2.24, 2.45) is 0 Å². The SMILES string of the molecule is ClCCCCSCc1ccc(Cl)cc1. The zero-order valence-corrected chi connectivity index (χ0v) is 10.3. The van der Waals surface area contributed by atoms with Gasteiger partial charge in [-0.05, 0) is 36.3 Å². The summed E-state index contributed by atoms with van der Waals surface area (Å²) in [6.07, 6.45) is 2.33. The van der Waals surface area contributed by atoms with Crippen LogP contribution < -0.4 is 0 Å². The minimum Gasteiger partial charge on any atom is -0.157 e. The van der Waals surface area contributed by atoms with Gasteiger partial charge in [-0.25, -0.2) is 0 Å². The van der Waals surface area contributed by atoms with Crippen molar-refractivity contribution in [3.63, 3.8) is 0 Å². The fourth-order valence-corrected chi connectivity index (χ4v) is 2.36. The monoisotopic (exact) mass is 248 g/mol. The molecule has 0 saturated carbocycles. The highest BCUT2D eigenvalue weighted by molar-refractivity contribution is 7.98. The maximum atomic E-state index is 5.79. The second-order valence-corrected chi connectivity index (χ2v) is 4.99. The average molecular weight is 249 g/mol. The molecule has 1 aromatic carbocycles. The van der Waals surface area contributed by atoms with Crippen LogP contribution in [0.4, 0.5) is 0 Å². The van der Waals surface area contributed by atoms with E-state index in [4.69, 9.17) is 23.2 Å². The minimum absolute atomic E-state index is 0.779. The second-order valence-electron chi connectivity index (χ2n) is 3.08. The Balaban J connectivity index is 2.15. The summed E-state index contributed by atoms with van der Waals surface area (Å²) in [5.74, 6) is 3.04. The maximum absolute atomic E-state index is 5.79. The highest BCUT2D eigenvalue weighted by atomic mass is 35.5. The van der Waals surface area contributed by atoms with Crippen LogP contribution in [-0.4, -0.2) is 11.6 Å². The fourth-order valence-electron chi connectivity index (χ4n) is 1.07. The summed E-state index contributed by atoms with van der Waals surface area (Å²) >= 11 is 13.3. The summed E-state index contributed by atoms with van der Waals surface area (Å²) in [6.45, 7) is 0. The summed E-state index contributed by atoms with van der Waals surface area (Å²) in [5, 5.41) is 0.806. The number of hydrogen-bond acceptors (Lipinski definition) is 1. The van der Waals surface area contributed by atoms with E-state index in [1.165, 1.54) is 17.7 Å². The van der Waals surface area contributed by atoms with E-state index < -0.39 is 0 Å². The van der Waals surface area contributed by atoms with E-state index in [0.29, 0.717) is 0 Å². The largest absolute Gasteiger partial charge is 0.157 e. The molecule has 0 amide bonds. The Bertz CT molecular complexity index is 246. The molecule has 0 N–H and O–H groups in total. The van der Waals surface area contributed by atoms with E-state index in [9.17, 15) is 0 Å². The van der Waals surface area contributed by atoms with Crippen LogP contribution in [0.15, 0.2) is 24.3 Å². The number of halogens is 2. The molecule has 1 rings (SSSR count). The third kappa shape index (κ3) is 5.14. The topological polar surface area (TPSA) is 0 Å². The Morgan fingerprint density at radius 1 is 1.07 bits per heavy atom. The Hall–Kier alpha value is 0.150. The minimum atomic E-state index is 0.779. The molecule has 1 aromatic rings. The van der Waals surface area contributed by atoms with Crippen LogP contribution in [0.3, 0.4) is 0 Å². The first-order valence-electron chi connectivity index (χ1n) is 4.71. The number of benzene rings is 1. The van der Waals surface area contributed by atoms with Gasteiger partial charge in [0.25, 0.3) is 0 Å². The van der Waals surface area contributed by atoms with Crippen LogP contribution in [0.25, 0.3) is 0 Å². The van der Waals surface area contributed by atoms with Gasteiger partial charge < -0.3 is 0 Å². The summed E-state index contributed by atoms with van der Waals surface area (Å²) in [7, 11) is 0. The summed E-state index contributed by atoms with van der Waals surface area (Å²) < 4.78 is 0. The molecule has 0 saturated heterocycles. The van der Waals surface area contributed by atoms with Gasteiger partial charge in [-0.15, -0.1) is 11.6 Å². The number of rotatable bonds is 6. The van der Waals surface area contributed by atoms with Gasteiger partial charge in [0.1, 0.15) is 0 Å². The number of alkyl halides is 1. The highest BCUT2D eigenvalue weighted by Gasteiger charge is 1.94. The van der Waals surface area contributed by atoms with Crippen molar-refractivity contribution in [3.05, 3.63) is 34.9 Å². The third-order valence-electron chi connectivity index (χ3n) is 1.85. The van der Waals surface area contributed by atoms with E-state index >= 15 is 0 Å². The molecule has 0 aliphatic rings. The van der Waals surface area contributed by atoms with Crippen molar-refractivity contribution < 1.29 is 0 Å². The van der Waals surface area contributed by atoms with Gasteiger partial charge in [-0.2, -0.15) is 11.8 Å². The van der Waals surface area contributed by atoms with Crippen LogP contribution >= 0.6 is 35.0 Å². The van der Waals surface area contributed by atoms with Gasteiger partial charge in [0.2, 0.25) is 0 Å². The lowest BCUT2D eigenvalue weighted by Crippen LogP contribution is -1.84. The lowest BCUT2D eigenvalue weighted by Gasteiger charge is -2.01. The van der Waals surface area contributed by atoms with Gasteiger partial charge in [0.05, 0.1) is 0 Å². The van der Waals surface area contributed by atoms with Crippen molar-refractivity contribution in [1.29, 1.82) is 0 Å². The highest BCUT2D eigenvalue weighted by Crippen LogP contribution is 2.16. The van der Waals surface area contributed by atoms with Crippen molar-refractivity contribution in [3.8, 4) is 0 Å². The lowest BCUT2D eigenvalue weighted by molar-refractivity contribution is 0.902. The molecule has 0 nitrogen and oxygen atoms in total. The Labute approximate surface area is 100.0 Å². The Morgan fingerprint density at radius 2 is 1.79 bits per heavy atom. The molecule has 0 atom stereocenters. The molecule has 0 spiro atoms. The van der Waals surface area contributed by atoms with Crippen molar-refractivity contribution in [2.45, 2.75) is 18.6 Å². The molecule has 3 heteroatoms. The second kappa shape index (κ2) is 7.44. The molecule has 0 bridgehead atoms. The van der Waals surface area contributed by atoms with Gasteiger partial charge in [-0.1, -0.05) is 23.7 Å². The van der Waals surface area contributed by atoms with Crippen molar-refractivity contribution >= 4 is 35.0 Å². The predicted molar refractivity (Wildman–Crippen MR) is 67.6 cm³/mol. The third-order valence-corrected chi connectivity index (χ3v) is 3.49. The van der Waals surface area contributed by atoms with Crippen LogP contribution in [0.1, 0.15) is 18.4 Å². The normalized spacial score (nSPS) is 10.4. The summed E-state index contributed by atoms with van der Waals surface area (Å²) in [4.78, 5) is 0. The van der Waals surface area contributed by atoms with E-state index in [-0.39, 0.29) is 0 Å². The summed E-state index contributed by atoms with van der Waals surface area (Å²) in [6, 6.07) is 8.04. The zero-order valence-electron chi connectivity index (χ0n) is 8.01. The quantitative estimate of drug-likeness (QED) is 0.524. The van der Waals surface area contributed by atoms with Crippen molar-refractivity contribution in [1.82, 2.24) is 0 Å². The Kier molecular flexibility index (Phi) is 6.50. The van der Waals surface area contributed by atoms with Crippen LogP contribution in [0.5, 0.6) is 0 Å². The fraction of sp³-hybridized carbons (Fsp3) is 0.455. The molecule has 0 aromatic heterocycles. The molecule has 0 unspecified atom stereocenters. The van der Waals surface area contributed by atoms with Crippen LogP contribution in [-0.2, 0) is 5.75 Å². The van der Waals surface area contributed by atoms with E-state index in [0.717, 1.165) is 23.1 Å². The lowest BCUT2D eigenvalue weighted by atomic mass is 10.2. The van der Waals surface area contributed by atoms with E-state index in [1.807, 2.05) is 23.9 Å². The molecule has 0 fully saturated rings. The van der Waals surface area contributed by atoms with Crippen molar-refractivity contribution in [2.75, 3.05) is 11.6 Å². The maximum Gasteiger partial charge on any atom is 0.0406 e. The van der Waals surface area contributed by atoms with Crippen LogP contribution in [0.2, 0.25) is 5.02 Å². The Morgan fingerprint density at radius 3 is 2.43 bits per heavy atom. The first kappa shape index (κ1) is 12.2. The van der Waals surface area contributed by atoms with Gasteiger partial charge in [0.15, 0.2) is 0 Å². The molecule has 0 aliphatic carbocycles. The molecule has 0 radical (unpaired) electrons. The first-order valence-corrected chi connectivity index (χ1v) is 6.78. The average Bonchev–Trinajstić information content (AvgIpc) is 2.21. The molecular weight excluding hydrogens is 235 g/mol. The van der Waals surface area contributed by atoms with E-state index in [2.05, 4.69) is 12.1 Å². The van der Waals surface area contributed by atoms with Crippen LogP contribution in [0, 0.1) is 0 Å². The molecule has 0 aliphatic heterocycles. The van der Waals surface area contributed by atoms with E-state index in [1.54, 1.807) is 0 Å². The predicted octanol–water partition coefficient (Wildman–Crippen LogP) is 4.59. The summed E-state index contributed by atoms with van der Waals surface area (Å²) in [5.41, 5.74) is 1.34. The van der Waals surface area contributed by atoms with Gasteiger partial charge >= 0.3 is 0 Å². The first-order chi connectivity index (χ1) is 6.83. The smallest absolute Gasteiger partial charge is 0.0406 e. The van der Waals surface area contributed by atoms with Gasteiger partial charge in [0, 0.05) is 16.7 Å². The number of hydrogen-bond donors (Lipinski definition) is 0. The molecule has 0 heterocycles. The molecular formula is C11H14Cl2S. The molecule has 14 heavy (non-hydrogen) atoms. The standard InChI is InChI=1S/C11H14Cl2S/c12-7-1-2-8-14-9-10-3-5-11(13)6-4-10/h3-6H,1-2,7-9H2. The van der Waals surface area contributed by atoms with Gasteiger partial charge in [-0.3, -0.25) is 0 Å². The molecule has 78 valence electrons.